The Morgan fingerprint density at radius 1 is 1.32 bits per heavy atom. The Hall–Kier alpha value is -1.31. The zero-order valence-electron chi connectivity index (χ0n) is 10.5. The van der Waals surface area contributed by atoms with Crippen LogP contribution in [0.4, 0.5) is 13.2 Å². The maximum Gasteiger partial charge on any atom is 0.411 e. The summed E-state index contributed by atoms with van der Waals surface area (Å²) < 4.78 is 45.5. The standard InChI is InChI=1S/C12H17F3N2O2/c1-18-11-5-3-2-4-9(11)10(17-16)6-7-19-8-12(13,14)15/h2-5,10,17H,6-8,16H2,1H3. The van der Waals surface area contributed by atoms with Gasteiger partial charge in [0.05, 0.1) is 13.2 Å². The lowest BCUT2D eigenvalue weighted by atomic mass is 10.0. The smallest absolute Gasteiger partial charge is 0.411 e. The average Bonchev–Trinajstić information content (AvgIpc) is 2.38. The van der Waals surface area contributed by atoms with Crippen LogP contribution in [0.2, 0.25) is 0 Å². The van der Waals surface area contributed by atoms with E-state index in [1.54, 1.807) is 24.3 Å². The zero-order chi connectivity index (χ0) is 14.3. The van der Waals surface area contributed by atoms with Gasteiger partial charge in [0, 0.05) is 12.2 Å². The number of ether oxygens (including phenoxy) is 2. The predicted molar refractivity (Wildman–Crippen MR) is 64.5 cm³/mol. The minimum absolute atomic E-state index is 0.0492. The molecule has 1 unspecified atom stereocenters. The second-order valence-corrected chi connectivity index (χ2v) is 3.92. The molecule has 19 heavy (non-hydrogen) atoms. The van der Waals surface area contributed by atoms with Gasteiger partial charge in [0.2, 0.25) is 0 Å². The molecular formula is C12H17F3N2O2. The van der Waals surface area contributed by atoms with E-state index in [0.717, 1.165) is 5.56 Å². The number of halogens is 3. The van der Waals surface area contributed by atoms with E-state index in [0.29, 0.717) is 12.2 Å². The van der Waals surface area contributed by atoms with Crippen molar-refractivity contribution in [3.05, 3.63) is 29.8 Å². The third-order valence-corrected chi connectivity index (χ3v) is 2.53. The minimum Gasteiger partial charge on any atom is -0.496 e. The lowest BCUT2D eigenvalue weighted by Gasteiger charge is -2.19. The topological polar surface area (TPSA) is 56.5 Å². The van der Waals surface area contributed by atoms with Crippen molar-refractivity contribution in [3.63, 3.8) is 0 Å². The molecule has 1 rings (SSSR count). The van der Waals surface area contributed by atoms with E-state index in [-0.39, 0.29) is 12.6 Å². The highest BCUT2D eigenvalue weighted by Crippen LogP contribution is 2.26. The van der Waals surface area contributed by atoms with Crippen LogP contribution in [0.5, 0.6) is 5.75 Å². The van der Waals surface area contributed by atoms with Crippen LogP contribution < -0.4 is 16.0 Å². The van der Waals surface area contributed by atoms with E-state index in [1.807, 2.05) is 0 Å². The molecule has 0 amide bonds. The maximum atomic E-state index is 11.9. The van der Waals surface area contributed by atoms with Crippen molar-refractivity contribution < 1.29 is 22.6 Å². The summed E-state index contributed by atoms with van der Waals surface area (Å²) in [7, 11) is 1.52. The minimum atomic E-state index is -4.31. The Labute approximate surface area is 109 Å². The van der Waals surface area contributed by atoms with Gasteiger partial charge in [-0.25, -0.2) is 0 Å². The van der Waals surface area contributed by atoms with E-state index in [9.17, 15) is 13.2 Å². The molecule has 0 bridgehead atoms. The van der Waals surface area contributed by atoms with Gasteiger partial charge in [0.15, 0.2) is 0 Å². The first-order chi connectivity index (χ1) is 8.98. The fourth-order valence-corrected chi connectivity index (χ4v) is 1.67. The number of hydrogen-bond acceptors (Lipinski definition) is 4. The number of para-hydroxylation sites is 1. The molecule has 3 N–H and O–H groups in total. The lowest BCUT2D eigenvalue weighted by Crippen LogP contribution is -2.29. The fraction of sp³-hybridized carbons (Fsp3) is 0.500. The molecule has 108 valence electrons. The van der Waals surface area contributed by atoms with Crippen molar-refractivity contribution >= 4 is 0 Å². The summed E-state index contributed by atoms with van der Waals surface area (Å²) in [4.78, 5) is 0. The first-order valence-electron chi connectivity index (χ1n) is 5.71. The van der Waals surface area contributed by atoms with Gasteiger partial charge in [0.1, 0.15) is 12.4 Å². The van der Waals surface area contributed by atoms with Gasteiger partial charge in [-0.15, -0.1) is 0 Å². The fourth-order valence-electron chi connectivity index (χ4n) is 1.67. The third-order valence-electron chi connectivity index (χ3n) is 2.53. The molecule has 0 fully saturated rings. The largest absolute Gasteiger partial charge is 0.496 e. The van der Waals surface area contributed by atoms with Gasteiger partial charge in [-0.05, 0) is 12.5 Å². The van der Waals surface area contributed by atoms with Crippen molar-refractivity contribution in [3.8, 4) is 5.75 Å². The molecule has 4 nitrogen and oxygen atoms in total. The average molecular weight is 278 g/mol. The van der Waals surface area contributed by atoms with Gasteiger partial charge < -0.3 is 9.47 Å². The van der Waals surface area contributed by atoms with E-state index < -0.39 is 12.8 Å². The van der Waals surface area contributed by atoms with Crippen LogP contribution >= 0.6 is 0 Å². The summed E-state index contributed by atoms with van der Waals surface area (Å²) in [6.07, 6.45) is -4.00. The van der Waals surface area contributed by atoms with Crippen molar-refractivity contribution in [1.82, 2.24) is 5.43 Å². The highest BCUT2D eigenvalue weighted by atomic mass is 19.4. The molecule has 1 aromatic carbocycles. The molecule has 0 aliphatic rings. The van der Waals surface area contributed by atoms with Gasteiger partial charge in [-0.1, -0.05) is 18.2 Å². The van der Waals surface area contributed by atoms with Crippen LogP contribution in [-0.2, 0) is 4.74 Å². The number of nitrogens with one attached hydrogen (secondary N) is 1. The number of methoxy groups -OCH3 is 1. The molecule has 0 spiro atoms. The number of alkyl halides is 3. The molecular weight excluding hydrogens is 261 g/mol. The lowest BCUT2D eigenvalue weighted by molar-refractivity contribution is -0.174. The Balaban J connectivity index is 2.54. The van der Waals surface area contributed by atoms with Gasteiger partial charge in [0.25, 0.3) is 0 Å². The first kappa shape index (κ1) is 15.7. The molecule has 0 saturated carbocycles. The summed E-state index contributed by atoms with van der Waals surface area (Å²) in [6, 6.07) is 6.84. The number of nitrogens with two attached hydrogens (primary N) is 1. The second-order valence-electron chi connectivity index (χ2n) is 3.92. The van der Waals surface area contributed by atoms with Crippen LogP contribution in [0.25, 0.3) is 0 Å². The Bertz CT molecular complexity index is 385. The SMILES string of the molecule is COc1ccccc1C(CCOCC(F)(F)F)NN. The van der Waals surface area contributed by atoms with Crippen molar-refractivity contribution in [2.45, 2.75) is 18.6 Å². The Morgan fingerprint density at radius 3 is 2.58 bits per heavy atom. The molecule has 0 heterocycles. The Morgan fingerprint density at radius 2 is 2.00 bits per heavy atom. The number of benzene rings is 1. The van der Waals surface area contributed by atoms with E-state index >= 15 is 0 Å². The van der Waals surface area contributed by atoms with Crippen LogP contribution in [0.3, 0.4) is 0 Å². The van der Waals surface area contributed by atoms with Gasteiger partial charge in [-0.3, -0.25) is 11.3 Å². The summed E-state index contributed by atoms with van der Waals surface area (Å²) in [5.41, 5.74) is 3.33. The first-order valence-corrected chi connectivity index (χ1v) is 5.71. The molecule has 0 aromatic heterocycles. The number of rotatable bonds is 7. The van der Waals surface area contributed by atoms with E-state index in [2.05, 4.69) is 10.2 Å². The summed E-state index contributed by atoms with van der Waals surface area (Å²) in [5.74, 6) is 6.04. The highest BCUT2D eigenvalue weighted by Gasteiger charge is 2.27. The Kier molecular flexibility index (Phi) is 6.07. The monoisotopic (exact) mass is 278 g/mol. The molecule has 1 aromatic rings. The third kappa shape index (κ3) is 5.46. The molecule has 0 aliphatic heterocycles. The molecule has 1 atom stereocenters. The summed E-state index contributed by atoms with van der Waals surface area (Å²) >= 11 is 0. The van der Waals surface area contributed by atoms with Crippen LogP contribution in [0.15, 0.2) is 24.3 Å². The van der Waals surface area contributed by atoms with Crippen molar-refractivity contribution in [1.29, 1.82) is 0 Å². The van der Waals surface area contributed by atoms with Gasteiger partial charge >= 0.3 is 6.18 Å². The van der Waals surface area contributed by atoms with Crippen molar-refractivity contribution in [2.75, 3.05) is 20.3 Å². The molecule has 0 saturated heterocycles. The second kappa shape index (κ2) is 7.32. The van der Waals surface area contributed by atoms with Crippen LogP contribution in [-0.4, -0.2) is 26.5 Å². The quantitative estimate of drug-likeness (QED) is 0.456. The van der Waals surface area contributed by atoms with Crippen molar-refractivity contribution in [2.24, 2.45) is 5.84 Å². The highest BCUT2D eigenvalue weighted by molar-refractivity contribution is 5.35. The molecule has 0 radical (unpaired) electrons. The van der Waals surface area contributed by atoms with Gasteiger partial charge in [-0.2, -0.15) is 13.2 Å². The van der Waals surface area contributed by atoms with Crippen LogP contribution in [0, 0.1) is 0 Å². The molecule has 0 aliphatic carbocycles. The van der Waals surface area contributed by atoms with E-state index in [1.165, 1.54) is 7.11 Å². The molecule has 7 heteroatoms. The summed E-state index contributed by atoms with van der Waals surface area (Å²) in [6.45, 7) is -1.30. The summed E-state index contributed by atoms with van der Waals surface area (Å²) in [5, 5.41) is 0. The maximum absolute atomic E-state index is 11.9. The predicted octanol–water partition coefficient (Wildman–Crippen LogP) is 2.17. The normalized spacial score (nSPS) is 13.3. The zero-order valence-corrected chi connectivity index (χ0v) is 10.5. The van der Waals surface area contributed by atoms with Crippen LogP contribution in [0.1, 0.15) is 18.0 Å². The number of hydrogen-bond donors (Lipinski definition) is 2. The van der Waals surface area contributed by atoms with E-state index in [4.69, 9.17) is 10.6 Å². The number of hydrazine groups is 1.